The lowest BCUT2D eigenvalue weighted by Crippen LogP contribution is -2.36. The minimum absolute atomic E-state index is 0.125. The number of benzene rings is 1. The first-order chi connectivity index (χ1) is 11.7. The summed E-state index contributed by atoms with van der Waals surface area (Å²) in [7, 11) is 0. The molecule has 4 rings (SSSR count). The number of aryl methyl sites for hydroxylation is 2. The Balaban J connectivity index is 1.46. The molecule has 0 saturated carbocycles. The summed E-state index contributed by atoms with van der Waals surface area (Å²) in [5.41, 5.74) is 5.18. The van der Waals surface area contributed by atoms with Crippen LogP contribution in [0.1, 0.15) is 28.8 Å². The highest BCUT2D eigenvalue weighted by atomic mass is 16.5. The number of anilines is 1. The van der Waals surface area contributed by atoms with Crippen molar-refractivity contribution in [2.24, 2.45) is 0 Å². The molecule has 0 radical (unpaired) electrons. The van der Waals surface area contributed by atoms with Gasteiger partial charge in [0.2, 0.25) is 0 Å². The molecular weight excluding hydrogens is 304 g/mol. The second-order valence-corrected chi connectivity index (χ2v) is 6.38. The number of nitrogens with one attached hydrogen (secondary N) is 1. The van der Waals surface area contributed by atoms with Crippen LogP contribution in [0.4, 0.5) is 5.69 Å². The lowest BCUT2D eigenvalue weighted by molar-refractivity contribution is -0.123. The van der Waals surface area contributed by atoms with Crippen LogP contribution in [0.5, 0.6) is 5.75 Å². The Morgan fingerprint density at radius 1 is 1.25 bits per heavy atom. The van der Waals surface area contributed by atoms with Gasteiger partial charge in [-0.05, 0) is 37.5 Å². The molecule has 1 aromatic carbocycles. The van der Waals surface area contributed by atoms with E-state index in [4.69, 9.17) is 9.47 Å². The predicted molar refractivity (Wildman–Crippen MR) is 90.1 cm³/mol. The summed E-state index contributed by atoms with van der Waals surface area (Å²) < 4.78 is 11.3. The van der Waals surface area contributed by atoms with Crippen LogP contribution >= 0.6 is 0 Å². The van der Waals surface area contributed by atoms with Gasteiger partial charge < -0.3 is 14.8 Å². The molecule has 2 aliphatic heterocycles. The Bertz CT molecular complexity index is 788. The molecule has 5 heteroatoms. The molecule has 0 aliphatic carbocycles. The highest BCUT2D eigenvalue weighted by molar-refractivity contribution is 5.94. The minimum Gasteiger partial charge on any atom is -0.480 e. The monoisotopic (exact) mass is 324 g/mol. The molecule has 1 atom stereocenters. The summed E-state index contributed by atoms with van der Waals surface area (Å²) in [6, 6.07) is 8.02. The van der Waals surface area contributed by atoms with Crippen LogP contribution in [0.3, 0.4) is 0 Å². The molecule has 1 unspecified atom stereocenters. The topological polar surface area (TPSA) is 60.5 Å². The molecular formula is C19H20N2O3. The van der Waals surface area contributed by atoms with Crippen molar-refractivity contribution < 1.29 is 14.3 Å². The van der Waals surface area contributed by atoms with Gasteiger partial charge in [-0.25, -0.2) is 0 Å². The summed E-state index contributed by atoms with van der Waals surface area (Å²) in [5.74, 6) is 0.684. The van der Waals surface area contributed by atoms with Crippen molar-refractivity contribution in [3.05, 3.63) is 52.8 Å². The van der Waals surface area contributed by atoms with E-state index >= 15 is 0 Å². The molecule has 3 heterocycles. The lowest BCUT2D eigenvalue weighted by atomic mass is 10.00. The van der Waals surface area contributed by atoms with Crippen molar-refractivity contribution in [2.45, 2.75) is 38.9 Å². The van der Waals surface area contributed by atoms with E-state index in [9.17, 15) is 4.79 Å². The third-order valence-electron chi connectivity index (χ3n) is 4.52. The number of ether oxygens (including phenoxy) is 2. The second kappa shape index (κ2) is 6.24. The van der Waals surface area contributed by atoms with Crippen molar-refractivity contribution >= 4 is 11.6 Å². The molecule has 1 aromatic heterocycles. The van der Waals surface area contributed by atoms with Gasteiger partial charge in [-0.15, -0.1) is 0 Å². The number of carbonyl (C=O) groups is 1. The highest BCUT2D eigenvalue weighted by Gasteiger charge is 2.26. The lowest BCUT2D eigenvalue weighted by Gasteiger charge is -2.25. The Morgan fingerprint density at radius 2 is 2.17 bits per heavy atom. The van der Waals surface area contributed by atoms with Crippen LogP contribution in [-0.4, -0.2) is 23.6 Å². The van der Waals surface area contributed by atoms with Crippen molar-refractivity contribution in [3.63, 3.8) is 0 Å². The fourth-order valence-electron chi connectivity index (χ4n) is 3.23. The van der Waals surface area contributed by atoms with Gasteiger partial charge in [0.25, 0.3) is 5.91 Å². The zero-order valence-corrected chi connectivity index (χ0v) is 13.7. The largest absolute Gasteiger partial charge is 0.480 e. The van der Waals surface area contributed by atoms with Gasteiger partial charge in [-0.1, -0.05) is 17.7 Å². The number of carbonyl (C=O) groups excluding carboxylic acids is 1. The zero-order valence-electron chi connectivity index (χ0n) is 13.7. The number of pyridine rings is 1. The molecule has 5 nitrogen and oxygen atoms in total. The number of hydrogen-bond donors (Lipinski definition) is 1. The van der Waals surface area contributed by atoms with E-state index in [1.54, 1.807) is 6.20 Å². The third kappa shape index (κ3) is 2.99. The van der Waals surface area contributed by atoms with Crippen LogP contribution in [0.15, 0.2) is 30.5 Å². The van der Waals surface area contributed by atoms with Gasteiger partial charge in [0.15, 0.2) is 6.10 Å². The fraction of sp³-hybridized carbons (Fsp3) is 0.368. The van der Waals surface area contributed by atoms with Crippen LogP contribution in [0, 0.1) is 6.92 Å². The molecule has 24 heavy (non-hydrogen) atoms. The van der Waals surface area contributed by atoms with Gasteiger partial charge in [0, 0.05) is 17.7 Å². The van der Waals surface area contributed by atoms with Gasteiger partial charge in [0.1, 0.15) is 5.75 Å². The molecule has 2 aliphatic rings. The highest BCUT2D eigenvalue weighted by Crippen LogP contribution is 2.29. The maximum atomic E-state index is 12.5. The Hall–Kier alpha value is -2.40. The molecule has 1 amide bonds. The van der Waals surface area contributed by atoms with Gasteiger partial charge >= 0.3 is 0 Å². The zero-order chi connectivity index (χ0) is 16.5. The first-order valence-corrected chi connectivity index (χ1v) is 8.31. The molecule has 0 saturated heterocycles. The number of aromatic nitrogens is 1. The summed E-state index contributed by atoms with van der Waals surface area (Å²) in [4.78, 5) is 16.9. The maximum absolute atomic E-state index is 12.5. The standard InChI is InChI=1S/C19H20N2O3/c1-12-2-4-17-13(8-12)3-5-18(24-17)19(22)21-15-9-14-11-23-7-6-16(14)20-10-15/h2,4,8-10,18H,3,5-7,11H2,1H3,(H,21,22). The first kappa shape index (κ1) is 15.1. The number of amides is 1. The molecule has 124 valence electrons. The van der Waals surface area contributed by atoms with E-state index in [1.807, 2.05) is 18.2 Å². The average Bonchev–Trinajstić information content (AvgIpc) is 2.61. The molecule has 0 fully saturated rings. The number of fused-ring (bicyclic) bond motifs is 2. The van der Waals surface area contributed by atoms with Gasteiger partial charge in [-0.3, -0.25) is 9.78 Å². The smallest absolute Gasteiger partial charge is 0.265 e. The van der Waals surface area contributed by atoms with E-state index < -0.39 is 6.10 Å². The van der Waals surface area contributed by atoms with Crippen molar-refractivity contribution in [1.82, 2.24) is 4.98 Å². The van der Waals surface area contributed by atoms with Gasteiger partial charge in [-0.2, -0.15) is 0 Å². The molecule has 0 bridgehead atoms. The van der Waals surface area contributed by atoms with E-state index in [2.05, 4.69) is 23.3 Å². The Kier molecular flexibility index (Phi) is 3.94. The fourth-order valence-corrected chi connectivity index (χ4v) is 3.23. The Labute approximate surface area is 141 Å². The van der Waals surface area contributed by atoms with Crippen LogP contribution < -0.4 is 10.1 Å². The minimum atomic E-state index is -0.465. The SMILES string of the molecule is Cc1ccc2c(c1)CCC(C(=O)Nc1cnc3c(c1)COCC3)O2. The summed E-state index contributed by atoms with van der Waals surface area (Å²) in [6.45, 7) is 3.32. The predicted octanol–water partition coefficient (Wildman–Crippen LogP) is 2.80. The summed E-state index contributed by atoms with van der Waals surface area (Å²) in [6.07, 6.45) is 3.61. The molecule has 2 aromatic rings. The van der Waals surface area contributed by atoms with Crippen LogP contribution in [0.25, 0.3) is 0 Å². The van der Waals surface area contributed by atoms with Crippen molar-refractivity contribution in [1.29, 1.82) is 0 Å². The first-order valence-electron chi connectivity index (χ1n) is 8.31. The normalized spacial score (nSPS) is 19.0. The number of nitrogens with zero attached hydrogens (tertiary/aromatic N) is 1. The molecule has 0 spiro atoms. The van der Waals surface area contributed by atoms with Crippen LogP contribution in [0.2, 0.25) is 0 Å². The quantitative estimate of drug-likeness (QED) is 0.923. The van der Waals surface area contributed by atoms with E-state index in [0.717, 1.165) is 29.8 Å². The van der Waals surface area contributed by atoms with E-state index in [-0.39, 0.29) is 5.91 Å². The number of rotatable bonds is 2. The summed E-state index contributed by atoms with van der Waals surface area (Å²) >= 11 is 0. The van der Waals surface area contributed by atoms with E-state index in [1.165, 1.54) is 11.1 Å². The van der Waals surface area contributed by atoms with Crippen molar-refractivity contribution in [3.8, 4) is 5.75 Å². The van der Waals surface area contributed by atoms with Crippen molar-refractivity contribution in [2.75, 3.05) is 11.9 Å². The average molecular weight is 324 g/mol. The third-order valence-corrected chi connectivity index (χ3v) is 4.52. The van der Waals surface area contributed by atoms with E-state index in [0.29, 0.717) is 25.3 Å². The van der Waals surface area contributed by atoms with Crippen LogP contribution in [-0.2, 0) is 29.0 Å². The summed E-state index contributed by atoms with van der Waals surface area (Å²) in [5, 5.41) is 2.92. The molecule has 1 N–H and O–H groups in total. The second-order valence-electron chi connectivity index (χ2n) is 6.38. The Morgan fingerprint density at radius 3 is 3.08 bits per heavy atom. The van der Waals surface area contributed by atoms with Gasteiger partial charge in [0.05, 0.1) is 25.1 Å². The number of hydrogen-bond acceptors (Lipinski definition) is 4. The maximum Gasteiger partial charge on any atom is 0.265 e.